The van der Waals surface area contributed by atoms with Gasteiger partial charge in [-0.1, -0.05) is 185 Å². The summed E-state index contributed by atoms with van der Waals surface area (Å²) in [4.78, 5) is 12.2. The van der Waals surface area contributed by atoms with E-state index in [1.54, 1.807) is 6.08 Å². The molecular weight excluding hydrogens is 554 g/mol. The van der Waals surface area contributed by atoms with E-state index in [9.17, 15) is 15.0 Å². The van der Waals surface area contributed by atoms with Gasteiger partial charge in [-0.2, -0.15) is 0 Å². The molecule has 0 aliphatic rings. The van der Waals surface area contributed by atoms with Crippen molar-refractivity contribution < 1.29 is 15.0 Å². The van der Waals surface area contributed by atoms with Gasteiger partial charge in [0.05, 0.1) is 18.8 Å². The first-order valence-electron chi connectivity index (χ1n) is 19.7. The third-order valence-electron chi connectivity index (χ3n) is 8.85. The number of carbonyl (C=O) groups excluding carboxylic acids is 1. The van der Waals surface area contributed by atoms with Crippen LogP contribution in [0.15, 0.2) is 36.5 Å². The van der Waals surface area contributed by atoms with Crippen molar-refractivity contribution in [3.63, 3.8) is 0 Å². The summed E-state index contributed by atoms with van der Waals surface area (Å²) in [6, 6.07) is -0.640. The Morgan fingerprint density at radius 3 is 1.29 bits per heavy atom. The maximum absolute atomic E-state index is 12.2. The van der Waals surface area contributed by atoms with Crippen LogP contribution < -0.4 is 5.32 Å². The van der Waals surface area contributed by atoms with Gasteiger partial charge in [-0.05, 0) is 44.9 Å². The summed E-state index contributed by atoms with van der Waals surface area (Å²) in [5, 5.41) is 22.8. The average molecular weight is 632 g/mol. The van der Waals surface area contributed by atoms with Crippen LogP contribution in [0, 0.1) is 0 Å². The summed E-state index contributed by atoms with van der Waals surface area (Å²) in [6.45, 7) is 4.26. The Labute approximate surface area is 281 Å². The van der Waals surface area contributed by atoms with E-state index in [4.69, 9.17) is 0 Å². The summed E-state index contributed by atoms with van der Waals surface area (Å²) in [7, 11) is 0. The molecule has 1 amide bonds. The zero-order chi connectivity index (χ0) is 32.9. The molecule has 2 unspecified atom stereocenters. The first kappa shape index (κ1) is 43.6. The predicted octanol–water partition coefficient (Wildman–Crippen LogP) is 11.8. The summed E-state index contributed by atoms with van der Waals surface area (Å²) in [6.07, 6.45) is 48.2. The van der Waals surface area contributed by atoms with Crippen molar-refractivity contribution in [2.75, 3.05) is 6.61 Å². The molecule has 2 atom stereocenters. The van der Waals surface area contributed by atoms with Crippen molar-refractivity contribution >= 4 is 5.91 Å². The molecule has 0 aliphatic heterocycles. The van der Waals surface area contributed by atoms with Crippen LogP contribution in [0.2, 0.25) is 0 Å². The molecule has 45 heavy (non-hydrogen) atoms. The molecule has 0 heterocycles. The lowest BCUT2D eigenvalue weighted by Gasteiger charge is -2.19. The monoisotopic (exact) mass is 632 g/mol. The van der Waals surface area contributed by atoms with Gasteiger partial charge in [0, 0.05) is 6.42 Å². The fraction of sp³-hybridized carbons (Fsp3) is 0.829. The number of rotatable bonds is 35. The molecule has 0 aromatic rings. The van der Waals surface area contributed by atoms with Crippen molar-refractivity contribution in [2.24, 2.45) is 0 Å². The third-order valence-corrected chi connectivity index (χ3v) is 8.85. The van der Waals surface area contributed by atoms with Gasteiger partial charge in [-0.3, -0.25) is 4.79 Å². The second-order valence-corrected chi connectivity index (χ2v) is 13.3. The second-order valence-electron chi connectivity index (χ2n) is 13.3. The Morgan fingerprint density at radius 2 is 0.867 bits per heavy atom. The second kappa shape index (κ2) is 37.1. The summed E-state index contributed by atoms with van der Waals surface area (Å²) < 4.78 is 0. The van der Waals surface area contributed by atoms with E-state index in [0.717, 1.165) is 38.5 Å². The van der Waals surface area contributed by atoms with Gasteiger partial charge < -0.3 is 15.5 Å². The molecule has 264 valence electrons. The lowest BCUT2D eigenvalue weighted by atomic mass is 10.0. The van der Waals surface area contributed by atoms with Gasteiger partial charge in [-0.15, -0.1) is 0 Å². The summed E-state index contributed by atoms with van der Waals surface area (Å²) >= 11 is 0. The van der Waals surface area contributed by atoms with Gasteiger partial charge in [0.25, 0.3) is 0 Å². The lowest BCUT2D eigenvalue weighted by molar-refractivity contribution is -0.123. The highest BCUT2D eigenvalue weighted by Crippen LogP contribution is 2.14. The van der Waals surface area contributed by atoms with Crippen molar-refractivity contribution in [2.45, 2.75) is 212 Å². The third kappa shape index (κ3) is 33.8. The van der Waals surface area contributed by atoms with Crippen LogP contribution in [0.5, 0.6) is 0 Å². The van der Waals surface area contributed by atoms with Crippen LogP contribution in [0.1, 0.15) is 200 Å². The standard InChI is InChI=1S/C41H77NO3/c1-3-5-7-9-11-13-14-15-16-17-18-19-20-21-22-23-24-25-26-27-29-30-32-34-36-40(44)39(38-43)42-41(45)37-35-33-31-28-12-10-8-6-4-2/h23-24,27,29,34,36,39-40,43-44H,3-22,25-26,28,30-33,35,37-38H2,1-2H3,(H,42,45)/b24-23+,29-27+,36-34+. The zero-order valence-corrected chi connectivity index (χ0v) is 30.1. The molecule has 0 bridgehead atoms. The van der Waals surface area contributed by atoms with Crippen LogP contribution >= 0.6 is 0 Å². The highest BCUT2D eigenvalue weighted by molar-refractivity contribution is 5.76. The smallest absolute Gasteiger partial charge is 0.220 e. The number of unbranched alkanes of at least 4 members (excludes halogenated alkanes) is 24. The van der Waals surface area contributed by atoms with Gasteiger partial charge in [0.15, 0.2) is 0 Å². The zero-order valence-electron chi connectivity index (χ0n) is 30.1. The number of allylic oxidation sites excluding steroid dienone is 5. The van der Waals surface area contributed by atoms with Crippen LogP contribution in [0.3, 0.4) is 0 Å². The topological polar surface area (TPSA) is 69.6 Å². The molecule has 4 nitrogen and oxygen atoms in total. The maximum Gasteiger partial charge on any atom is 0.220 e. The Bertz CT molecular complexity index is 686. The fourth-order valence-corrected chi connectivity index (χ4v) is 5.80. The molecule has 4 heteroatoms. The quantitative estimate of drug-likeness (QED) is 0.0481. The van der Waals surface area contributed by atoms with E-state index in [1.807, 2.05) is 6.08 Å². The van der Waals surface area contributed by atoms with Gasteiger partial charge in [0.2, 0.25) is 5.91 Å². The van der Waals surface area contributed by atoms with Crippen molar-refractivity contribution in [1.29, 1.82) is 0 Å². The van der Waals surface area contributed by atoms with Gasteiger partial charge in [0.1, 0.15) is 0 Å². The SMILES string of the molecule is CCCCCCCCCCCCCCCC/C=C/CC/C=C/CC/C=C/C(O)C(CO)NC(=O)CCCCCCCCCCC. The minimum Gasteiger partial charge on any atom is -0.394 e. The number of hydrogen-bond acceptors (Lipinski definition) is 3. The Morgan fingerprint density at radius 1 is 0.511 bits per heavy atom. The number of carbonyl (C=O) groups is 1. The van der Waals surface area contributed by atoms with Gasteiger partial charge >= 0.3 is 0 Å². The van der Waals surface area contributed by atoms with E-state index < -0.39 is 12.1 Å². The van der Waals surface area contributed by atoms with Crippen LogP contribution in [0.25, 0.3) is 0 Å². The normalized spacial score (nSPS) is 13.4. The average Bonchev–Trinajstić information content (AvgIpc) is 3.04. The molecular formula is C41H77NO3. The Hall–Kier alpha value is -1.39. The van der Waals surface area contributed by atoms with Crippen molar-refractivity contribution in [3.8, 4) is 0 Å². The highest BCUT2D eigenvalue weighted by Gasteiger charge is 2.17. The first-order valence-corrected chi connectivity index (χ1v) is 19.7. The van der Waals surface area contributed by atoms with Crippen LogP contribution in [-0.4, -0.2) is 34.9 Å². The van der Waals surface area contributed by atoms with Gasteiger partial charge in [-0.25, -0.2) is 0 Å². The summed E-state index contributed by atoms with van der Waals surface area (Å²) in [5.74, 6) is -0.0824. The van der Waals surface area contributed by atoms with Crippen molar-refractivity contribution in [1.82, 2.24) is 5.32 Å². The number of hydrogen-bond donors (Lipinski definition) is 3. The largest absolute Gasteiger partial charge is 0.394 e. The van der Waals surface area contributed by atoms with E-state index in [2.05, 4.69) is 43.5 Å². The fourth-order valence-electron chi connectivity index (χ4n) is 5.80. The molecule has 0 saturated heterocycles. The van der Waals surface area contributed by atoms with E-state index >= 15 is 0 Å². The molecule has 0 aromatic heterocycles. The number of nitrogens with one attached hydrogen (secondary N) is 1. The molecule has 0 radical (unpaired) electrons. The maximum atomic E-state index is 12.2. The predicted molar refractivity (Wildman–Crippen MR) is 198 cm³/mol. The molecule has 0 saturated carbocycles. The molecule has 0 fully saturated rings. The molecule has 0 spiro atoms. The van der Waals surface area contributed by atoms with Crippen LogP contribution in [0.4, 0.5) is 0 Å². The Kier molecular flexibility index (Phi) is 35.9. The minimum atomic E-state index is -0.865. The number of aliphatic hydroxyl groups is 2. The highest BCUT2D eigenvalue weighted by atomic mass is 16.3. The van der Waals surface area contributed by atoms with E-state index in [-0.39, 0.29) is 12.5 Å². The van der Waals surface area contributed by atoms with E-state index in [0.29, 0.717) is 6.42 Å². The molecule has 0 aromatic carbocycles. The molecule has 3 N–H and O–H groups in total. The van der Waals surface area contributed by atoms with E-state index in [1.165, 1.54) is 141 Å². The molecule has 0 aliphatic carbocycles. The van der Waals surface area contributed by atoms with Crippen molar-refractivity contribution in [3.05, 3.63) is 36.5 Å². The summed E-state index contributed by atoms with van der Waals surface area (Å²) in [5.41, 5.74) is 0. The number of amides is 1. The first-order chi connectivity index (χ1) is 22.2. The van der Waals surface area contributed by atoms with Crippen LogP contribution in [-0.2, 0) is 4.79 Å². The lowest BCUT2D eigenvalue weighted by Crippen LogP contribution is -2.45. The Balaban J connectivity index is 3.62. The molecule has 0 rings (SSSR count). The number of aliphatic hydroxyl groups excluding tert-OH is 2. The minimum absolute atomic E-state index is 0.0824.